The topological polar surface area (TPSA) is 77.9 Å². The normalized spacial score (nSPS) is 24.4. The van der Waals surface area contributed by atoms with Crippen molar-refractivity contribution in [3.8, 4) is 0 Å². The Bertz CT molecular complexity index is 439. The van der Waals surface area contributed by atoms with Gasteiger partial charge in [-0.15, -0.1) is 0 Å². The highest BCUT2D eigenvalue weighted by molar-refractivity contribution is 5.82. The first-order valence-corrected chi connectivity index (χ1v) is 5.71. The molecule has 1 saturated heterocycles. The van der Waals surface area contributed by atoms with Crippen molar-refractivity contribution in [3.05, 3.63) is 46.3 Å². The molecule has 1 aromatic carbocycles. The Kier molecular flexibility index (Phi) is 3.62. The Morgan fingerprint density at radius 1 is 1.29 bits per heavy atom. The largest absolute Gasteiger partial charge is 0.349 e. The van der Waals surface area contributed by atoms with Gasteiger partial charge < -0.3 is 5.32 Å². The van der Waals surface area contributed by atoms with Crippen LogP contribution < -0.4 is 5.32 Å². The van der Waals surface area contributed by atoms with Crippen LogP contribution in [-0.2, 0) is 4.79 Å². The summed E-state index contributed by atoms with van der Waals surface area (Å²) in [4.78, 5) is 14.5. The zero-order chi connectivity index (χ0) is 12.1. The lowest BCUT2D eigenvalue weighted by molar-refractivity contribution is -0.122. The summed E-state index contributed by atoms with van der Waals surface area (Å²) >= 11 is 0. The molecule has 0 saturated carbocycles. The van der Waals surface area contributed by atoms with Gasteiger partial charge in [0, 0.05) is 4.91 Å². The summed E-state index contributed by atoms with van der Waals surface area (Å²) < 4.78 is 0. The van der Waals surface area contributed by atoms with Gasteiger partial charge in [-0.1, -0.05) is 41.9 Å². The lowest BCUT2D eigenvalue weighted by Gasteiger charge is -2.16. The van der Waals surface area contributed by atoms with Crippen LogP contribution >= 0.6 is 0 Å². The zero-order valence-corrected chi connectivity index (χ0v) is 9.41. The van der Waals surface area contributed by atoms with E-state index in [0.29, 0.717) is 6.42 Å². The fourth-order valence-corrected chi connectivity index (χ4v) is 2.09. The van der Waals surface area contributed by atoms with E-state index in [0.717, 1.165) is 18.4 Å². The van der Waals surface area contributed by atoms with Gasteiger partial charge in [-0.05, 0) is 23.9 Å². The maximum atomic E-state index is 11.8. The van der Waals surface area contributed by atoms with Crippen LogP contribution in [0.1, 0.15) is 30.9 Å². The van der Waals surface area contributed by atoms with Crippen molar-refractivity contribution in [2.45, 2.75) is 31.3 Å². The molecule has 2 rings (SSSR count). The van der Waals surface area contributed by atoms with Crippen molar-refractivity contribution in [3.63, 3.8) is 0 Å². The summed E-state index contributed by atoms with van der Waals surface area (Å²) in [5.41, 5.74) is 9.49. The number of amides is 1. The highest BCUT2D eigenvalue weighted by Gasteiger charge is 2.25. The molecule has 5 heteroatoms. The fraction of sp³-hybridized carbons (Fsp3) is 0.417. The maximum absolute atomic E-state index is 11.8. The lowest BCUT2D eigenvalue weighted by atomic mass is 10.0. The zero-order valence-electron chi connectivity index (χ0n) is 9.41. The minimum atomic E-state index is -0.561. The standard InChI is InChI=1S/C12H14N4O/c13-16-15-11-8-4-7-10(14-12(11)17)9-5-2-1-3-6-9/h1-3,5-6,10-11H,4,7-8H2,(H,14,17)/t10-,11-/m0/s1. The minimum Gasteiger partial charge on any atom is -0.349 e. The van der Waals surface area contributed by atoms with Crippen LogP contribution in [0.15, 0.2) is 35.4 Å². The summed E-state index contributed by atoms with van der Waals surface area (Å²) in [6.45, 7) is 0. The second-order valence-corrected chi connectivity index (χ2v) is 4.12. The molecule has 88 valence electrons. The minimum absolute atomic E-state index is 0.0302. The predicted molar refractivity (Wildman–Crippen MR) is 64.1 cm³/mol. The Labute approximate surface area is 99.5 Å². The first-order valence-electron chi connectivity index (χ1n) is 5.71. The van der Waals surface area contributed by atoms with E-state index in [1.807, 2.05) is 30.3 Å². The molecule has 1 amide bonds. The van der Waals surface area contributed by atoms with Crippen molar-refractivity contribution < 1.29 is 4.79 Å². The number of benzene rings is 1. The number of nitrogens with zero attached hydrogens (tertiary/aromatic N) is 3. The Morgan fingerprint density at radius 2 is 2.06 bits per heavy atom. The van der Waals surface area contributed by atoms with E-state index in [2.05, 4.69) is 15.3 Å². The lowest BCUT2D eigenvalue weighted by Crippen LogP contribution is -2.33. The Morgan fingerprint density at radius 3 is 2.76 bits per heavy atom. The molecule has 0 radical (unpaired) electrons. The monoisotopic (exact) mass is 230 g/mol. The number of nitrogens with one attached hydrogen (secondary N) is 1. The summed E-state index contributed by atoms with van der Waals surface area (Å²) in [5.74, 6) is -0.172. The van der Waals surface area contributed by atoms with E-state index in [9.17, 15) is 4.79 Å². The Balaban J connectivity index is 2.13. The van der Waals surface area contributed by atoms with E-state index in [1.165, 1.54) is 0 Å². The smallest absolute Gasteiger partial charge is 0.229 e. The first kappa shape index (κ1) is 11.5. The van der Waals surface area contributed by atoms with Gasteiger partial charge in [0.2, 0.25) is 5.91 Å². The third-order valence-electron chi connectivity index (χ3n) is 2.98. The molecule has 0 spiro atoms. The third kappa shape index (κ3) is 2.77. The summed E-state index contributed by atoms with van der Waals surface area (Å²) in [5, 5.41) is 6.45. The van der Waals surface area contributed by atoms with Crippen LogP contribution in [0.2, 0.25) is 0 Å². The molecule has 1 aliphatic heterocycles. The molecule has 1 aromatic rings. The molecule has 1 aliphatic rings. The third-order valence-corrected chi connectivity index (χ3v) is 2.98. The quantitative estimate of drug-likeness (QED) is 0.473. The van der Waals surface area contributed by atoms with Gasteiger partial charge in [-0.25, -0.2) is 0 Å². The molecule has 17 heavy (non-hydrogen) atoms. The van der Waals surface area contributed by atoms with Gasteiger partial charge in [0.05, 0.1) is 6.04 Å². The highest BCUT2D eigenvalue weighted by Crippen LogP contribution is 2.23. The van der Waals surface area contributed by atoms with Crippen molar-refractivity contribution >= 4 is 5.91 Å². The molecule has 2 atom stereocenters. The first-order chi connectivity index (χ1) is 8.31. The van der Waals surface area contributed by atoms with E-state index >= 15 is 0 Å². The van der Waals surface area contributed by atoms with E-state index in [4.69, 9.17) is 5.53 Å². The second-order valence-electron chi connectivity index (χ2n) is 4.12. The Hall–Kier alpha value is -2.00. The maximum Gasteiger partial charge on any atom is 0.229 e. The summed E-state index contributed by atoms with van der Waals surface area (Å²) in [7, 11) is 0. The summed E-state index contributed by atoms with van der Waals surface area (Å²) in [6.07, 6.45) is 2.38. The fourth-order valence-electron chi connectivity index (χ4n) is 2.09. The highest BCUT2D eigenvalue weighted by atomic mass is 16.2. The predicted octanol–water partition coefficient (Wildman–Crippen LogP) is 2.71. The van der Waals surface area contributed by atoms with Gasteiger partial charge in [-0.3, -0.25) is 4.79 Å². The molecule has 1 heterocycles. The second kappa shape index (κ2) is 5.37. The molecule has 0 aliphatic carbocycles. The molecular formula is C12H14N4O. The summed E-state index contributed by atoms with van der Waals surface area (Å²) in [6, 6.07) is 9.33. The number of carbonyl (C=O) groups is 1. The average molecular weight is 230 g/mol. The van der Waals surface area contributed by atoms with Crippen LogP contribution in [0, 0.1) is 0 Å². The van der Waals surface area contributed by atoms with E-state index in [-0.39, 0.29) is 11.9 Å². The van der Waals surface area contributed by atoms with Crippen molar-refractivity contribution in [1.82, 2.24) is 5.32 Å². The van der Waals surface area contributed by atoms with Gasteiger partial charge in [-0.2, -0.15) is 0 Å². The van der Waals surface area contributed by atoms with Crippen LogP contribution in [0.5, 0.6) is 0 Å². The number of rotatable bonds is 2. The van der Waals surface area contributed by atoms with Crippen LogP contribution in [-0.4, -0.2) is 11.9 Å². The van der Waals surface area contributed by atoms with Gasteiger partial charge in [0.1, 0.15) is 6.04 Å². The van der Waals surface area contributed by atoms with Gasteiger partial charge >= 0.3 is 0 Å². The number of hydrogen-bond acceptors (Lipinski definition) is 2. The van der Waals surface area contributed by atoms with Crippen molar-refractivity contribution in [2.24, 2.45) is 5.11 Å². The van der Waals surface area contributed by atoms with Gasteiger partial charge in [0.25, 0.3) is 0 Å². The van der Waals surface area contributed by atoms with Crippen LogP contribution in [0.4, 0.5) is 0 Å². The number of azide groups is 1. The SMILES string of the molecule is [N-]=[N+]=N[C@H]1CCC[C@@H](c2ccccc2)NC1=O. The molecule has 0 bridgehead atoms. The molecule has 0 aromatic heterocycles. The number of hydrogen-bond donors (Lipinski definition) is 1. The van der Waals surface area contributed by atoms with Gasteiger partial charge in [0.15, 0.2) is 0 Å². The molecule has 0 unspecified atom stereocenters. The van der Waals surface area contributed by atoms with E-state index in [1.54, 1.807) is 0 Å². The molecule has 1 fully saturated rings. The molecule has 1 N–H and O–H groups in total. The molecule has 5 nitrogen and oxygen atoms in total. The van der Waals surface area contributed by atoms with Crippen molar-refractivity contribution in [1.29, 1.82) is 0 Å². The van der Waals surface area contributed by atoms with E-state index < -0.39 is 6.04 Å². The van der Waals surface area contributed by atoms with Crippen LogP contribution in [0.3, 0.4) is 0 Å². The van der Waals surface area contributed by atoms with Crippen LogP contribution in [0.25, 0.3) is 10.4 Å². The molecular weight excluding hydrogens is 216 g/mol. The average Bonchev–Trinajstić information content (AvgIpc) is 2.54. The van der Waals surface area contributed by atoms with Crippen molar-refractivity contribution in [2.75, 3.05) is 0 Å². The number of carbonyl (C=O) groups excluding carboxylic acids is 1.